The molecule has 1 aromatic carbocycles. The van der Waals surface area contributed by atoms with Crippen molar-refractivity contribution < 1.29 is 4.79 Å². The Balaban J connectivity index is 2.12. The van der Waals surface area contributed by atoms with Crippen LogP contribution in [0.2, 0.25) is 0 Å². The maximum atomic E-state index is 12.9. The zero-order valence-electron chi connectivity index (χ0n) is 14.1. The molecule has 1 aromatic heterocycles. The molecule has 0 N–H and O–H groups in total. The van der Waals surface area contributed by atoms with Gasteiger partial charge in [0.2, 0.25) is 0 Å². The average molecular weight is 326 g/mol. The van der Waals surface area contributed by atoms with E-state index in [2.05, 4.69) is 6.92 Å². The van der Waals surface area contributed by atoms with Gasteiger partial charge in [0, 0.05) is 23.4 Å². The number of carbonyl (C=O) groups is 1. The van der Waals surface area contributed by atoms with E-state index in [0.29, 0.717) is 17.0 Å². The van der Waals surface area contributed by atoms with Crippen LogP contribution in [0, 0.1) is 12.8 Å². The van der Waals surface area contributed by atoms with Gasteiger partial charge in [-0.25, -0.2) is 4.79 Å². The Labute approximate surface area is 140 Å². The van der Waals surface area contributed by atoms with Crippen LogP contribution in [-0.2, 0) is 0 Å². The minimum Gasteiger partial charge on any atom is -0.297 e. The van der Waals surface area contributed by atoms with E-state index in [0.717, 1.165) is 30.3 Å². The normalized spacial score (nSPS) is 20.8. The first kappa shape index (κ1) is 16.4. The first-order valence-electron chi connectivity index (χ1n) is 8.43. The Bertz CT molecular complexity index is 864. The van der Waals surface area contributed by atoms with Crippen LogP contribution in [-0.4, -0.2) is 15.0 Å². The van der Waals surface area contributed by atoms with Gasteiger partial charge in [-0.15, -0.1) is 0 Å². The van der Waals surface area contributed by atoms with Gasteiger partial charge in [0.25, 0.3) is 11.5 Å². The van der Waals surface area contributed by atoms with Crippen LogP contribution in [0.5, 0.6) is 0 Å². The summed E-state index contributed by atoms with van der Waals surface area (Å²) in [7, 11) is 0. The molecule has 0 amide bonds. The molecule has 3 rings (SSSR count). The van der Waals surface area contributed by atoms with Gasteiger partial charge < -0.3 is 0 Å². The van der Waals surface area contributed by atoms with Crippen LogP contribution < -0.4 is 11.2 Å². The second-order valence-corrected chi connectivity index (χ2v) is 6.74. The van der Waals surface area contributed by atoms with Gasteiger partial charge in [0.15, 0.2) is 0 Å². The molecular formula is C19H22N2O3. The van der Waals surface area contributed by atoms with E-state index in [1.807, 2.05) is 0 Å². The lowest BCUT2D eigenvalue weighted by Gasteiger charge is -2.28. The fraction of sp³-hybridized carbons (Fsp3) is 0.421. The molecule has 126 valence electrons. The topological polar surface area (TPSA) is 61.1 Å². The van der Waals surface area contributed by atoms with Crippen molar-refractivity contribution in [2.75, 3.05) is 0 Å². The van der Waals surface area contributed by atoms with Crippen molar-refractivity contribution in [3.05, 3.63) is 68.5 Å². The van der Waals surface area contributed by atoms with Crippen LogP contribution in [0.3, 0.4) is 0 Å². The van der Waals surface area contributed by atoms with Crippen molar-refractivity contribution in [1.29, 1.82) is 0 Å². The minimum atomic E-state index is -0.563. The van der Waals surface area contributed by atoms with Gasteiger partial charge >= 0.3 is 5.69 Å². The maximum absolute atomic E-state index is 12.9. The Kier molecular flexibility index (Phi) is 4.51. The molecule has 5 heteroatoms. The second-order valence-electron chi connectivity index (χ2n) is 6.74. The van der Waals surface area contributed by atoms with Crippen LogP contribution in [0.15, 0.2) is 46.1 Å². The highest BCUT2D eigenvalue weighted by Gasteiger charge is 2.24. The van der Waals surface area contributed by atoms with Crippen LogP contribution in [0.1, 0.15) is 54.6 Å². The third-order valence-corrected chi connectivity index (χ3v) is 4.81. The summed E-state index contributed by atoms with van der Waals surface area (Å²) in [6, 6.07) is 8.51. The highest BCUT2D eigenvalue weighted by Crippen LogP contribution is 2.31. The summed E-state index contributed by atoms with van der Waals surface area (Å²) in [5, 5.41) is 0. The highest BCUT2D eigenvalue weighted by molar-refractivity contribution is 5.95. The average Bonchev–Trinajstić information content (AvgIpc) is 2.59. The lowest BCUT2D eigenvalue weighted by atomic mass is 9.87. The molecule has 0 radical (unpaired) electrons. The summed E-state index contributed by atoms with van der Waals surface area (Å²) in [6.45, 7) is 3.83. The molecule has 2 atom stereocenters. The predicted molar refractivity (Wildman–Crippen MR) is 92.5 cm³/mol. The number of benzene rings is 1. The van der Waals surface area contributed by atoms with Crippen molar-refractivity contribution in [2.45, 2.75) is 45.6 Å². The lowest BCUT2D eigenvalue weighted by Crippen LogP contribution is -2.46. The second kappa shape index (κ2) is 6.59. The van der Waals surface area contributed by atoms with Crippen molar-refractivity contribution >= 4 is 5.91 Å². The van der Waals surface area contributed by atoms with Crippen molar-refractivity contribution in [3.8, 4) is 0 Å². The Morgan fingerprint density at radius 3 is 2.50 bits per heavy atom. The van der Waals surface area contributed by atoms with Crippen molar-refractivity contribution in [1.82, 2.24) is 9.13 Å². The van der Waals surface area contributed by atoms with Crippen molar-refractivity contribution in [3.63, 3.8) is 0 Å². The molecule has 1 aliphatic rings. The van der Waals surface area contributed by atoms with E-state index in [1.54, 1.807) is 48.0 Å². The maximum Gasteiger partial charge on any atom is 0.338 e. The molecule has 1 heterocycles. The first-order valence-corrected chi connectivity index (χ1v) is 8.43. The van der Waals surface area contributed by atoms with E-state index < -0.39 is 17.2 Å². The quantitative estimate of drug-likeness (QED) is 0.852. The zero-order chi connectivity index (χ0) is 17.3. The Morgan fingerprint density at radius 2 is 1.83 bits per heavy atom. The summed E-state index contributed by atoms with van der Waals surface area (Å²) >= 11 is 0. The van der Waals surface area contributed by atoms with E-state index in [1.165, 1.54) is 0 Å². The number of hydrogen-bond donors (Lipinski definition) is 0. The molecule has 1 aliphatic carbocycles. The molecule has 0 aliphatic heterocycles. The third-order valence-electron chi connectivity index (χ3n) is 4.81. The molecular weight excluding hydrogens is 304 g/mol. The Hall–Kier alpha value is -2.43. The summed E-state index contributed by atoms with van der Waals surface area (Å²) < 4.78 is 2.37. The predicted octanol–water partition coefficient (Wildman–Crippen LogP) is 2.76. The van der Waals surface area contributed by atoms with Gasteiger partial charge in [-0.2, -0.15) is 4.57 Å². The van der Waals surface area contributed by atoms with Gasteiger partial charge in [-0.3, -0.25) is 14.2 Å². The largest absolute Gasteiger partial charge is 0.338 e. The van der Waals surface area contributed by atoms with Crippen LogP contribution in [0.25, 0.3) is 0 Å². The summed E-state index contributed by atoms with van der Waals surface area (Å²) in [5.74, 6) is -0.0203. The van der Waals surface area contributed by atoms with Gasteiger partial charge in [0.05, 0.1) is 0 Å². The van der Waals surface area contributed by atoms with E-state index >= 15 is 0 Å². The number of carbonyl (C=O) groups excluding carboxylic acids is 1. The SMILES string of the molecule is Cc1cn([C@H]2CCC[C@@H](C)C2)c(=O)n(C(=O)c2ccccc2)c1=O. The molecule has 24 heavy (non-hydrogen) atoms. The highest BCUT2D eigenvalue weighted by atomic mass is 16.2. The van der Waals surface area contributed by atoms with E-state index in [-0.39, 0.29) is 6.04 Å². The molecule has 1 saturated carbocycles. The standard InChI is InChI=1S/C19H22N2O3/c1-13-7-6-10-16(11-13)20-12-14(2)17(22)21(19(20)24)18(23)15-8-4-3-5-9-15/h3-5,8-9,12-13,16H,6-7,10-11H2,1-2H3/t13-,16+/m1/s1. The summed E-state index contributed by atoms with van der Waals surface area (Å²) in [4.78, 5) is 38.0. The molecule has 0 unspecified atom stereocenters. The van der Waals surface area contributed by atoms with Gasteiger partial charge in [-0.05, 0) is 37.8 Å². The van der Waals surface area contributed by atoms with Crippen LogP contribution >= 0.6 is 0 Å². The Morgan fingerprint density at radius 1 is 1.12 bits per heavy atom. The smallest absolute Gasteiger partial charge is 0.297 e. The van der Waals surface area contributed by atoms with Crippen molar-refractivity contribution in [2.24, 2.45) is 5.92 Å². The minimum absolute atomic E-state index is 0.0513. The molecule has 0 spiro atoms. The molecule has 5 nitrogen and oxygen atoms in total. The van der Waals surface area contributed by atoms with E-state index in [4.69, 9.17) is 0 Å². The summed E-state index contributed by atoms with van der Waals surface area (Å²) in [5.41, 5.74) is -0.310. The van der Waals surface area contributed by atoms with Gasteiger partial charge in [-0.1, -0.05) is 38.0 Å². The molecule has 2 aromatic rings. The fourth-order valence-electron chi connectivity index (χ4n) is 3.50. The zero-order valence-corrected chi connectivity index (χ0v) is 14.1. The third kappa shape index (κ3) is 2.98. The molecule has 0 saturated heterocycles. The van der Waals surface area contributed by atoms with E-state index in [9.17, 15) is 14.4 Å². The molecule has 1 fully saturated rings. The van der Waals surface area contributed by atoms with Crippen LogP contribution in [0.4, 0.5) is 0 Å². The molecule has 0 bridgehead atoms. The monoisotopic (exact) mass is 326 g/mol. The number of rotatable bonds is 2. The number of nitrogens with zero attached hydrogens (tertiary/aromatic N) is 2. The first-order chi connectivity index (χ1) is 11.5. The number of aryl methyl sites for hydroxylation is 1. The number of hydrogen-bond acceptors (Lipinski definition) is 3. The lowest BCUT2D eigenvalue weighted by molar-refractivity contribution is 0.0946. The van der Waals surface area contributed by atoms with Gasteiger partial charge in [0.1, 0.15) is 0 Å². The number of aromatic nitrogens is 2. The summed E-state index contributed by atoms with van der Waals surface area (Å²) in [6.07, 6.45) is 5.64. The fourth-order valence-corrected chi connectivity index (χ4v) is 3.50.